The molecule has 172 valence electrons. The Morgan fingerprint density at radius 2 is 1.75 bits per heavy atom. The van der Waals surface area contributed by atoms with Gasteiger partial charge in [0.2, 0.25) is 10.0 Å². The molecule has 0 radical (unpaired) electrons. The standard InChI is InChI=1S/C23H27FN2O5S/c1-17(22(27)25(2)16-18-9-5-3-6-10-18)31-23(28)19-11-12-20(24)21(15-19)32(29,30)26-13-7-4-8-14-26/h3,5-6,9-12,15,17H,4,7-8,13-14,16H2,1-2H3. The van der Waals surface area contributed by atoms with Crippen LogP contribution >= 0.6 is 0 Å². The van der Waals surface area contributed by atoms with E-state index in [-0.39, 0.29) is 5.56 Å². The van der Waals surface area contributed by atoms with Gasteiger partial charge in [0, 0.05) is 26.7 Å². The number of carbonyl (C=O) groups is 2. The zero-order chi connectivity index (χ0) is 23.3. The van der Waals surface area contributed by atoms with E-state index < -0.39 is 38.7 Å². The van der Waals surface area contributed by atoms with Gasteiger partial charge in [-0.25, -0.2) is 17.6 Å². The lowest BCUT2D eigenvalue weighted by atomic mass is 10.2. The molecule has 1 atom stereocenters. The molecule has 3 rings (SSSR count). The Labute approximate surface area is 187 Å². The van der Waals surface area contributed by atoms with E-state index in [0.29, 0.717) is 32.5 Å². The van der Waals surface area contributed by atoms with Gasteiger partial charge < -0.3 is 9.64 Å². The van der Waals surface area contributed by atoms with Crippen LogP contribution in [0.15, 0.2) is 53.4 Å². The van der Waals surface area contributed by atoms with Crippen molar-refractivity contribution in [3.8, 4) is 0 Å². The minimum atomic E-state index is -4.07. The molecular formula is C23H27FN2O5S. The topological polar surface area (TPSA) is 84.0 Å². The van der Waals surface area contributed by atoms with Crippen molar-refractivity contribution < 1.29 is 27.1 Å². The average Bonchev–Trinajstić information content (AvgIpc) is 2.79. The largest absolute Gasteiger partial charge is 0.449 e. The fraction of sp³-hybridized carbons (Fsp3) is 0.391. The number of ether oxygens (including phenoxy) is 1. The second-order valence-electron chi connectivity index (χ2n) is 7.84. The summed E-state index contributed by atoms with van der Waals surface area (Å²) in [5, 5.41) is 0. The number of carbonyl (C=O) groups excluding carboxylic acids is 2. The second kappa shape index (κ2) is 10.2. The maximum absolute atomic E-state index is 14.4. The molecule has 7 nitrogen and oxygen atoms in total. The number of halogens is 1. The minimum absolute atomic E-state index is 0.132. The molecule has 32 heavy (non-hydrogen) atoms. The zero-order valence-corrected chi connectivity index (χ0v) is 19.0. The summed E-state index contributed by atoms with van der Waals surface area (Å²) in [6, 6.07) is 12.4. The molecule has 1 unspecified atom stereocenters. The first-order valence-electron chi connectivity index (χ1n) is 10.5. The predicted molar refractivity (Wildman–Crippen MR) is 117 cm³/mol. The van der Waals surface area contributed by atoms with Crippen molar-refractivity contribution in [2.24, 2.45) is 0 Å². The second-order valence-corrected chi connectivity index (χ2v) is 9.74. The minimum Gasteiger partial charge on any atom is -0.449 e. The highest BCUT2D eigenvalue weighted by Gasteiger charge is 2.30. The highest BCUT2D eigenvalue weighted by molar-refractivity contribution is 7.89. The summed E-state index contributed by atoms with van der Waals surface area (Å²) >= 11 is 0. The number of hydrogen-bond donors (Lipinski definition) is 0. The lowest BCUT2D eigenvalue weighted by Gasteiger charge is -2.26. The van der Waals surface area contributed by atoms with Gasteiger partial charge in [0.05, 0.1) is 5.56 Å². The molecule has 1 amide bonds. The summed E-state index contributed by atoms with van der Waals surface area (Å²) in [6.07, 6.45) is 1.24. The van der Waals surface area contributed by atoms with E-state index in [1.807, 2.05) is 30.3 Å². The van der Waals surface area contributed by atoms with Gasteiger partial charge in [-0.2, -0.15) is 4.31 Å². The van der Waals surface area contributed by atoms with Crippen LogP contribution in [0.25, 0.3) is 0 Å². The van der Waals surface area contributed by atoms with Crippen LogP contribution in [-0.4, -0.2) is 55.7 Å². The SMILES string of the molecule is CC(OC(=O)c1ccc(F)c(S(=O)(=O)N2CCCCC2)c1)C(=O)N(C)Cc1ccccc1. The Morgan fingerprint density at radius 3 is 2.41 bits per heavy atom. The van der Waals surface area contributed by atoms with Gasteiger partial charge in [0.1, 0.15) is 10.7 Å². The van der Waals surface area contributed by atoms with E-state index in [1.165, 1.54) is 16.1 Å². The molecule has 0 bridgehead atoms. The fourth-order valence-electron chi connectivity index (χ4n) is 3.60. The van der Waals surface area contributed by atoms with Crippen LogP contribution < -0.4 is 0 Å². The molecule has 0 aliphatic carbocycles. The molecule has 0 N–H and O–H groups in total. The lowest BCUT2D eigenvalue weighted by Crippen LogP contribution is -2.37. The van der Waals surface area contributed by atoms with Crippen molar-refractivity contribution in [3.05, 3.63) is 65.5 Å². The molecule has 1 aliphatic rings. The summed E-state index contributed by atoms with van der Waals surface area (Å²) in [5.74, 6) is -2.24. The molecule has 1 fully saturated rings. The number of nitrogens with zero attached hydrogens (tertiary/aromatic N) is 2. The molecule has 2 aromatic rings. The molecule has 0 aromatic heterocycles. The third kappa shape index (κ3) is 5.52. The van der Waals surface area contributed by atoms with E-state index in [0.717, 1.165) is 30.2 Å². The third-order valence-corrected chi connectivity index (χ3v) is 7.28. The maximum atomic E-state index is 14.4. The van der Waals surface area contributed by atoms with E-state index >= 15 is 0 Å². The van der Waals surface area contributed by atoms with Gasteiger partial charge in [-0.3, -0.25) is 4.79 Å². The van der Waals surface area contributed by atoms with Crippen molar-refractivity contribution in [1.29, 1.82) is 0 Å². The van der Waals surface area contributed by atoms with Crippen LogP contribution in [0.2, 0.25) is 0 Å². The first-order chi connectivity index (χ1) is 15.2. The lowest BCUT2D eigenvalue weighted by molar-refractivity contribution is -0.139. The van der Waals surface area contributed by atoms with E-state index in [4.69, 9.17) is 4.74 Å². The van der Waals surface area contributed by atoms with Crippen LogP contribution in [0.1, 0.15) is 42.1 Å². The monoisotopic (exact) mass is 462 g/mol. The molecule has 2 aromatic carbocycles. The van der Waals surface area contributed by atoms with Crippen molar-refractivity contribution in [3.63, 3.8) is 0 Å². The highest BCUT2D eigenvalue weighted by atomic mass is 32.2. The molecular weight excluding hydrogens is 435 g/mol. The van der Waals surface area contributed by atoms with Crippen molar-refractivity contribution >= 4 is 21.9 Å². The van der Waals surface area contributed by atoms with Gasteiger partial charge in [0.25, 0.3) is 5.91 Å². The maximum Gasteiger partial charge on any atom is 0.338 e. The normalized spacial score (nSPS) is 15.7. The number of rotatable bonds is 7. The van der Waals surface area contributed by atoms with E-state index in [9.17, 15) is 22.4 Å². The number of sulfonamides is 1. The van der Waals surface area contributed by atoms with Gasteiger partial charge in [-0.1, -0.05) is 36.8 Å². The van der Waals surface area contributed by atoms with Crippen molar-refractivity contribution in [2.45, 2.75) is 43.7 Å². The molecule has 1 heterocycles. The molecule has 1 aliphatic heterocycles. The van der Waals surface area contributed by atoms with Crippen LogP contribution in [0, 0.1) is 5.82 Å². The number of benzene rings is 2. The smallest absolute Gasteiger partial charge is 0.338 e. The Morgan fingerprint density at radius 1 is 1.09 bits per heavy atom. The van der Waals surface area contributed by atoms with Crippen LogP contribution in [0.3, 0.4) is 0 Å². The van der Waals surface area contributed by atoms with E-state index in [2.05, 4.69) is 0 Å². The summed E-state index contributed by atoms with van der Waals surface area (Å²) in [5.41, 5.74) is 0.792. The summed E-state index contributed by atoms with van der Waals surface area (Å²) in [4.78, 5) is 26.0. The molecule has 0 saturated carbocycles. The van der Waals surface area contributed by atoms with Crippen molar-refractivity contribution in [1.82, 2.24) is 9.21 Å². The molecule has 1 saturated heterocycles. The Balaban J connectivity index is 1.70. The van der Waals surface area contributed by atoms with Crippen LogP contribution in [0.5, 0.6) is 0 Å². The number of likely N-dealkylation sites (N-methyl/N-ethyl adjacent to an activating group) is 1. The van der Waals surface area contributed by atoms with Crippen LogP contribution in [-0.2, 0) is 26.1 Å². The predicted octanol–water partition coefficient (Wildman–Crippen LogP) is 3.20. The third-order valence-electron chi connectivity index (χ3n) is 5.37. The van der Waals surface area contributed by atoms with Gasteiger partial charge in [0.15, 0.2) is 6.10 Å². The van der Waals surface area contributed by atoms with Gasteiger partial charge in [-0.15, -0.1) is 0 Å². The van der Waals surface area contributed by atoms with Crippen LogP contribution in [0.4, 0.5) is 4.39 Å². The van der Waals surface area contributed by atoms with Gasteiger partial charge >= 0.3 is 5.97 Å². The summed E-state index contributed by atoms with van der Waals surface area (Å²) in [7, 11) is -2.47. The average molecular weight is 463 g/mol. The number of piperidine rings is 1. The number of amides is 1. The van der Waals surface area contributed by atoms with Gasteiger partial charge in [-0.05, 0) is 43.5 Å². The van der Waals surface area contributed by atoms with E-state index in [1.54, 1.807) is 7.05 Å². The highest BCUT2D eigenvalue weighted by Crippen LogP contribution is 2.24. The molecule has 9 heteroatoms. The number of esters is 1. The summed E-state index contributed by atoms with van der Waals surface area (Å²) < 4.78 is 46.5. The molecule has 0 spiro atoms. The van der Waals surface area contributed by atoms with Crippen molar-refractivity contribution in [2.75, 3.05) is 20.1 Å². The number of hydrogen-bond acceptors (Lipinski definition) is 5. The Kier molecular flexibility index (Phi) is 7.63. The Hall–Kier alpha value is -2.78. The quantitative estimate of drug-likeness (QED) is 0.590. The zero-order valence-electron chi connectivity index (χ0n) is 18.2. The fourth-order valence-corrected chi connectivity index (χ4v) is 5.20. The first-order valence-corrected chi connectivity index (χ1v) is 11.9. The first kappa shape index (κ1) is 23.9. The summed E-state index contributed by atoms with van der Waals surface area (Å²) in [6.45, 7) is 2.42. The Bertz CT molecular complexity index is 1070.